The Bertz CT molecular complexity index is 620. The van der Waals surface area contributed by atoms with E-state index in [9.17, 15) is 9.18 Å². The van der Waals surface area contributed by atoms with Crippen LogP contribution in [0, 0.1) is 12.7 Å². The van der Waals surface area contributed by atoms with Crippen LogP contribution in [0.15, 0.2) is 24.4 Å². The average Bonchev–Trinajstić information content (AvgIpc) is 2.69. The molecule has 0 saturated heterocycles. The summed E-state index contributed by atoms with van der Waals surface area (Å²) in [7, 11) is 1.80. The second-order valence-corrected chi connectivity index (χ2v) is 4.99. The summed E-state index contributed by atoms with van der Waals surface area (Å²) < 4.78 is 14.6. The molecule has 0 aliphatic carbocycles. The van der Waals surface area contributed by atoms with E-state index >= 15 is 0 Å². The Morgan fingerprint density at radius 1 is 1.50 bits per heavy atom. The zero-order valence-electron chi connectivity index (χ0n) is 11.3. The van der Waals surface area contributed by atoms with Crippen molar-refractivity contribution in [3.8, 4) is 0 Å². The van der Waals surface area contributed by atoms with Crippen molar-refractivity contribution < 1.29 is 9.18 Å². The van der Waals surface area contributed by atoms with E-state index in [4.69, 9.17) is 11.6 Å². The number of carbonyl (C=O) groups excluding carboxylic acids is 1. The lowest BCUT2D eigenvalue weighted by atomic mass is 10.2. The number of aromatic nitrogens is 2. The fourth-order valence-corrected chi connectivity index (χ4v) is 2.13. The van der Waals surface area contributed by atoms with Crippen molar-refractivity contribution in [3.05, 3.63) is 52.1 Å². The van der Waals surface area contributed by atoms with Gasteiger partial charge in [0.2, 0.25) is 5.91 Å². The Morgan fingerprint density at radius 3 is 2.85 bits per heavy atom. The predicted octanol–water partition coefficient (Wildman–Crippen LogP) is 2.38. The molecule has 0 spiro atoms. The van der Waals surface area contributed by atoms with E-state index in [1.54, 1.807) is 24.0 Å². The molecular formula is C14H15ClFN3O. The van der Waals surface area contributed by atoms with Crippen LogP contribution in [0.2, 0.25) is 5.02 Å². The molecule has 106 valence electrons. The summed E-state index contributed by atoms with van der Waals surface area (Å²) in [5, 5.41) is 7.16. The molecule has 1 amide bonds. The lowest BCUT2D eigenvalue weighted by Crippen LogP contribution is -2.26. The first-order valence-corrected chi connectivity index (χ1v) is 6.53. The topological polar surface area (TPSA) is 46.9 Å². The molecule has 0 atom stereocenters. The van der Waals surface area contributed by atoms with E-state index in [1.165, 1.54) is 12.1 Å². The average molecular weight is 296 g/mol. The zero-order valence-corrected chi connectivity index (χ0v) is 12.0. The quantitative estimate of drug-likeness (QED) is 0.941. The molecule has 0 aliphatic rings. The van der Waals surface area contributed by atoms with E-state index in [1.807, 2.05) is 6.92 Å². The molecule has 1 N–H and O–H groups in total. The standard InChI is InChI=1S/C14H15ClFN3O/c1-9-7-18-19(2)13(9)6-14(20)17-8-10-3-4-11(16)5-12(10)15/h3-5,7H,6,8H2,1-2H3,(H,17,20). The van der Waals surface area contributed by atoms with Crippen LogP contribution >= 0.6 is 11.6 Å². The molecule has 1 aromatic carbocycles. The van der Waals surface area contributed by atoms with Gasteiger partial charge in [0, 0.05) is 18.6 Å². The van der Waals surface area contributed by atoms with Crippen molar-refractivity contribution >= 4 is 17.5 Å². The van der Waals surface area contributed by atoms with Gasteiger partial charge in [0.15, 0.2) is 0 Å². The molecule has 6 heteroatoms. The highest BCUT2D eigenvalue weighted by Gasteiger charge is 2.10. The fourth-order valence-electron chi connectivity index (χ4n) is 1.90. The van der Waals surface area contributed by atoms with Gasteiger partial charge >= 0.3 is 0 Å². The molecule has 0 saturated carbocycles. The molecule has 1 heterocycles. The summed E-state index contributed by atoms with van der Waals surface area (Å²) in [4.78, 5) is 11.9. The van der Waals surface area contributed by atoms with Crippen LogP contribution in [0.4, 0.5) is 4.39 Å². The lowest BCUT2D eigenvalue weighted by Gasteiger charge is -2.08. The number of nitrogens with zero attached hydrogens (tertiary/aromatic N) is 2. The first-order chi connectivity index (χ1) is 9.47. The van der Waals surface area contributed by atoms with Crippen LogP contribution < -0.4 is 5.32 Å². The second-order valence-electron chi connectivity index (χ2n) is 4.59. The number of nitrogens with one attached hydrogen (secondary N) is 1. The minimum atomic E-state index is -0.393. The summed E-state index contributed by atoms with van der Waals surface area (Å²) in [6, 6.07) is 4.11. The molecule has 0 bridgehead atoms. The third-order valence-corrected chi connectivity index (χ3v) is 3.44. The zero-order chi connectivity index (χ0) is 14.7. The predicted molar refractivity (Wildman–Crippen MR) is 74.9 cm³/mol. The maximum Gasteiger partial charge on any atom is 0.226 e. The van der Waals surface area contributed by atoms with E-state index in [-0.39, 0.29) is 18.9 Å². The van der Waals surface area contributed by atoms with Crippen LogP contribution in [0.1, 0.15) is 16.8 Å². The number of amides is 1. The minimum absolute atomic E-state index is 0.128. The molecule has 4 nitrogen and oxygen atoms in total. The van der Waals surface area contributed by atoms with Crippen molar-refractivity contribution in [3.63, 3.8) is 0 Å². The Hall–Kier alpha value is -1.88. The number of benzene rings is 1. The van der Waals surface area contributed by atoms with Crippen molar-refractivity contribution in [2.45, 2.75) is 19.9 Å². The minimum Gasteiger partial charge on any atom is -0.352 e. The summed E-state index contributed by atoms with van der Waals surface area (Å²) in [6.07, 6.45) is 1.97. The van der Waals surface area contributed by atoms with E-state index in [0.29, 0.717) is 10.6 Å². The maximum absolute atomic E-state index is 12.9. The summed E-state index contributed by atoms with van der Waals surface area (Å²) in [5.41, 5.74) is 2.53. The largest absolute Gasteiger partial charge is 0.352 e. The number of hydrogen-bond donors (Lipinski definition) is 1. The highest BCUT2D eigenvalue weighted by atomic mass is 35.5. The number of halogens is 2. The van der Waals surface area contributed by atoms with Gasteiger partial charge < -0.3 is 5.32 Å². The number of rotatable bonds is 4. The Morgan fingerprint density at radius 2 is 2.25 bits per heavy atom. The van der Waals surface area contributed by atoms with Gasteiger partial charge in [-0.2, -0.15) is 5.10 Å². The second kappa shape index (κ2) is 6.05. The summed E-state index contributed by atoms with van der Waals surface area (Å²) in [5.74, 6) is -0.521. The van der Waals surface area contributed by atoms with Crippen LogP contribution in [-0.4, -0.2) is 15.7 Å². The van der Waals surface area contributed by atoms with Crippen LogP contribution in [-0.2, 0) is 24.8 Å². The highest BCUT2D eigenvalue weighted by molar-refractivity contribution is 6.31. The van der Waals surface area contributed by atoms with Crippen LogP contribution in [0.3, 0.4) is 0 Å². The molecule has 0 radical (unpaired) electrons. The van der Waals surface area contributed by atoms with Crippen LogP contribution in [0.5, 0.6) is 0 Å². The monoisotopic (exact) mass is 295 g/mol. The van der Waals surface area contributed by atoms with Gasteiger partial charge in [0.25, 0.3) is 0 Å². The van der Waals surface area contributed by atoms with Gasteiger partial charge in [-0.25, -0.2) is 4.39 Å². The number of hydrogen-bond acceptors (Lipinski definition) is 2. The van der Waals surface area contributed by atoms with Crippen molar-refractivity contribution in [2.75, 3.05) is 0 Å². The highest BCUT2D eigenvalue weighted by Crippen LogP contribution is 2.17. The fraction of sp³-hybridized carbons (Fsp3) is 0.286. The van der Waals surface area contributed by atoms with Gasteiger partial charge in [-0.1, -0.05) is 17.7 Å². The van der Waals surface area contributed by atoms with Crippen LogP contribution in [0.25, 0.3) is 0 Å². The maximum atomic E-state index is 12.9. The first-order valence-electron chi connectivity index (χ1n) is 6.15. The van der Waals surface area contributed by atoms with Gasteiger partial charge in [-0.3, -0.25) is 9.48 Å². The molecule has 2 aromatic rings. The van der Waals surface area contributed by atoms with Gasteiger partial charge in [0.05, 0.1) is 18.3 Å². The van der Waals surface area contributed by atoms with E-state index in [2.05, 4.69) is 10.4 Å². The Balaban J connectivity index is 1.96. The Kier molecular flexibility index (Phi) is 4.39. The molecule has 2 rings (SSSR count). The normalized spacial score (nSPS) is 10.6. The van der Waals surface area contributed by atoms with Gasteiger partial charge in [0.1, 0.15) is 5.82 Å². The van der Waals surface area contributed by atoms with Crippen molar-refractivity contribution in [1.29, 1.82) is 0 Å². The van der Waals surface area contributed by atoms with Gasteiger partial charge in [-0.05, 0) is 30.2 Å². The number of aryl methyl sites for hydroxylation is 2. The molecule has 0 fully saturated rings. The third-order valence-electron chi connectivity index (χ3n) is 3.09. The third kappa shape index (κ3) is 3.36. The summed E-state index contributed by atoms with van der Waals surface area (Å²) >= 11 is 5.90. The van der Waals surface area contributed by atoms with Gasteiger partial charge in [-0.15, -0.1) is 0 Å². The summed E-state index contributed by atoms with van der Waals surface area (Å²) in [6.45, 7) is 2.18. The molecule has 0 aliphatic heterocycles. The molecular weight excluding hydrogens is 281 g/mol. The lowest BCUT2D eigenvalue weighted by molar-refractivity contribution is -0.120. The molecule has 0 unspecified atom stereocenters. The SMILES string of the molecule is Cc1cnn(C)c1CC(=O)NCc1ccc(F)cc1Cl. The van der Waals surface area contributed by atoms with Crippen molar-refractivity contribution in [2.24, 2.45) is 7.05 Å². The van der Waals surface area contributed by atoms with E-state index in [0.717, 1.165) is 11.3 Å². The molecule has 20 heavy (non-hydrogen) atoms. The smallest absolute Gasteiger partial charge is 0.226 e. The van der Waals surface area contributed by atoms with Crippen molar-refractivity contribution in [1.82, 2.24) is 15.1 Å². The van der Waals surface area contributed by atoms with E-state index < -0.39 is 5.82 Å². The Labute approximate surface area is 121 Å². The first kappa shape index (κ1) is 14.5. The number of carbonyl (C=O) groups is 1. The molecule has 1 aromatic heterocycles.